The second-order valence-electron chi connectivity index (χ2n) is 7.34. The summed E-state index contributed by atoms with van der Waals surface area (Å²) in [5, 5.41) is 0. The summed E-state index contributed by atoms with van der Waals surface area (Å²) in [6.45, 7) is 11.3. The van der Waals surface area contributed by atoms with Gasteiger partial charge >= 0.3 is 0 Å². The zero-order valence-corrected chi connectivity index (χ0v) is 16.5. The van der Waals surface area contributed by atoms with E-state index < -0.39 is 0 Å². The predicted molar refractivity (Wildman–Crippen MR) is 95.7 cm³/mol. The van der Waals surface area contributed by atoms with Gasteiger partial charge in [-0.1, -0.05) is 51.9 Å². The average molecular weight is 332 g/mol. The highest BCUT2D eigenvalue weighted by atomic mass is 35.5. The molecule has 0 radical (unpaired) electrons. The molecule has 1 fully saturated rings. The van der Waals surface area contributed by atoms with Crippen LogP contribution in [0.15, 0.2) is 0 Å². The normalized spacial score (nSPS) is 16.5. The molecule has 1 aliphatic rings. The lowest BCUT2D eigenvalue weighted by molar-refractivity contribution is -0.949. The molecule has 134 valence electrons. The van der Waals surface area contributed by atoms with Crippen LogP contribution in [0.5, 0.6) is 0 Å². The molecule has 1 aliphatic carbocycles. The Hall–Kier alpha value is 0.250. The van der Waals surface area contributed by atoms with Gasteiger partial charge in [0.1, 0.15) is 0 Å². The van der Waals surface area contributed by atoms with Gasteiger partial charge in [0.05, 0.1) is 25.7 Å². The van der Waals surface area contributed by atoms with E-state index in [0.717, 1.165) is 6.04 Å². The van der Waals surface area contributed by atoms with Crippen molar-refractivity contribution in [1.82, 2.24) is 0 Å². The highest BCUT2D eigenvalue weighted by Crippen LogP contribution is 2.29. The lowest BCUT2D eigenvalue weighted by Gasteiger charge is -2.45. The summed E-state index contributed by atoms with van der Waals surface area (Å²) in [6.07, 6.45) is 19.1. The van der Waals surface area contributed by atoms with Crippen molar-refractivity contribution in [3.63, 3.8) is 0 Å². The summed E-state index contributed by atoms with van der Waals surface area (Å²) in [6, 6.07) is 0.985. The number of nitrogens with zero attached hydrogens (tertiary/aromatic N) is 1. The molecule has 0 saturated heterocycles. The Morgan fingerprint density at radius 1 is 0.682 bits per heavy atom. The minimum Gasteiger partial charge on any atom is -1.00 e. The number of halogens is 1. The minimum absolute atomic E-state index is 0. The average Bonchev–Trinajstić information content (AvgIpc) is 2.55. The maximum absolute atomic E-state index is 2.43. The lowest BCUT2D eigenvalue weighted by Crippen LogP contribution is -3.00. The van der Waals surface area contributed by atoms with Crippen LogP contribution in [0.3, 0.4) is 0 Å². The Kier molecular flexibility index (Phi) is 13.8. The summed E-state index contributed by atoms with van der Waals surface area (Å²) < 4.78 is 1.43. The molecule has 0 atom stereocenters. The fourth-order valence-electron chi connectivity index (χ4n) is 4.43. The maximum atomic E-state index is 2.43. The van der Waals surface area contributed by atoms with Crippen molar-refractivity contribution in [2.45, 2.75) is 110 Å². The van der Waals surface area contributed by atoms with Gasteiger partial charge in [0.2, 0.25) is 0 Å². The number of unbranched alkanes of at least 4 members (excludes halogenated alkanes) is 7. The molecule has 0 spiro atoms. The molecule has 1 saturated carbocycles. The molecule has 2 heteroatoms. The summed E-state index contributed by atoms with van der Waals surface area (Å²) in [7, 11) is 0. The quantitative estimate of drug-likeness (QED) is 0.380. The third-order valence-corrected chi connectivity index (χ3v) is 6.07. The van der Waals surface area contributed by atoms with E-state index in [4.69, 9.17) is 0 Å². The van der Waals surface area contributed by atoms with Crippen LogP contribution in [0.25, 0.3) is 0 Å². The first-order valence-electron chi connectivity index (χ1n) is 10.1. The van der Waals surface area contributed by atoms with Crippen LogP contribution >= 0.6 is 0 Å². The van der Waals surface area contributed by atoms with Crippen LogP contribution < -0.4 is 12.4 Å². The summed E-state index contributed by atoms with van der Waals surface area (Å²) in [5.41, 5.74) is 0. The second-order valence-corrected chi connectivity index (χ2v) is 7.34. The zero-order chi connectivity index (χ0) is 15.4. The molecule has 1 nitrogen and oxygen atoms in total. The van der Waals surface area contributed by atoms with Crippen molar-refractivity contribution in [3.8, 4) is 0 Å². The Balaban J connectivity index is 0.00000441. The first-order valence-corrected chi connectivity index (χ1v) is 10.1. The largest absolute Gasteiger partial charge is 1.00 e. The van der Waals surface area contributed by atoms with Crippen LogP contribution in [0.4, 0.5) is 0 Å². The SMILES string of the molecule is CCCCCCCCCC[N+](CC)(CC)C1CCCCC1.[Cl-]. The Morgan fingerprint density at radius 3 is 1.68 bits per heavy atom. The van der Waals surface area contributed by atoms with Gasteiger partial charge in [0, 0.05) is 0 Å². The fourth-order valence-corrected chi connectivity index (χ4v) is 4.43. The van der Waals surface area contributed by atoms with E-state index in [1.165, 1.54) is 108 Å². The molecule has 0 aromatic heterocycles. The maximum Gasteiger partial charge on any atom is 0.0890 e. The van der Waals surface area contributed by atoms with E-state index in [1.807, 2.05) is 0 Å². The molecule has 0 aromatic carbocycles. The lowest BCUT2D eigenvalue weighted by atomic mass is 9.91. The summed E-state index contributed by atoms with van der Waals surface area (Å²) in [5.74, 6) is 0. The zero-order valence-electron chi connectivity index (χ0n) is 15.7. The van der Waals surface area contributed by atoms with Crippen molar-refractivity contribution in [2.75, 3.05) is 19.6 Å². The smallest absolute Gasteiger partial charge is 0.0890 e. The van der Waals surface area contributed by atoms with Crippen molar-refractivity contribution >= 4 is 0 Å². The first-order chi connectivity index (χ1) is 10.3. The van der Waals surface area contributed by atoms with E-state index in [9.17, 15) is 0 Å². The van der Waals surface area contributed by atoms with Gasteiger partial charge < -0.3 is 16.9 Å². The molecule has 0 aliphatic heterocycles. The van der Waals surface area contributed by atoms with Gasteiger partial charge in [-0.25, -0.2) is 0 Å². The van der Waals surface area contributed by atoms with Crippen LogP contribution in [-0.2, 0) is 0 Å². The highest BCUT2D eigenvalue weighted by molar-refractivity contribution is 4.67. The molecule has 22 heavy (non-hydrogen) atoms. The molecule has 0 unspecified atom stereocenters. The van der Waals surface area contributed by atoms with Crippen molar-refractivity contribution in [1.29, 1.82) is 0 Å². The second kappa shape index (κ2) is 13.7. The van der Waals surface area contributed by atoms with Crippen molar-refractivity contribution < 1.29 is 16.9 Å². The molecule has 0 aromatic rings. The van der Waals surface area contributed by atoms with E-state index in [-0.39, 0.29) is 12.4 Å². The third-order valence-electron chi connectivity index (χ3n) is 6.07. The van der Waals surface area contributed by atoms with E-state index in [0.29, 0.717) is 0 Å². The predicted octanol–water partition coefficient (Wildman–Crippen LogP) is 3.32. The highest BCUT2D eigenvalue weighted by Gasteiger charge is 2.34. The fraction of sp³-hybridized carbons (Fsp3) is 1.00. The topological polar surface area (TPSA) is 0 Å². The van der Waals surface area contributed by atoms with Crippen LogP contribution in [0.2, 0.25) is 0 Å². The third kappa shape index (κ3) is 7.68. The van der Waals surface area contributed by atoms with Crippen molar-refractivity contribution in [3.05, 3.63) is 0 Å². The monoisotopic (exact) mass is 331 g/mol. The van der Waals surface area contributed by atoms with Gasteiger partial charge in [-0.3, -0.25) is 0 Å². The standard InChI is InChI=1S/C20H42N.ClH/c1-4-7-8-9-10-11-12-16-19-21(5-2,6-3)20-17-14-13-15-18-20;/h20H,4-19H2,1-3H3;1H/q+1;/p-1. The molecule has 1 rings (SSSR count). The summed E-state index contributed by atoms with van der Waals surface area (Å²) >= 11 is 0. The molecular weight excluding hydrogens is 290 g/mol. The molecule has 0 N–H and O–H groups in total. The Morgan fingerprint density at radius 2 is 1.18 bits per heavy atom. The number of hydrogen-bond donors (Lipinski definition) is 0. The van der Waals surface area contributed by atoms with Gasteiger partial charge in [-0.2, -0.15) is 0 Å². The Bertz CT molecular complexity index is 232. The first kappa shape index (κ1) is 22.2. The van der Waals surface area contributed by atoms with Gasteiger partial charge in [-0.05, 0) is 52.4 Å². The van der Waals surface area contributed by atoms with Crippen molar-refractivity contribution in [2.24, 2.45) is 0 Å². The van der Waals surface area contributed by atoms with Crippen LogP contribution in [-0.4, -0.2) is 30.2 Å². The van der Waals surface area contributed by atoms with Gasteiger partial charge in [-0.15, -0.1) is 0 Å². The van der Waals surface area contributed by atoms with E-state index in [1.54, 1.807) is 0 Å². The number of hydrogen-bond acceptors (Lipinski definition) is 0. The van der Waals surface area contributed by atoms with Gasteiger partial charge in [0.15, 0.2) is 0 Å². The van der Waals surface area contributed by atoms with Gasteiger partial charge in [0.25, 0.3) is 0 Å². The Labute approximate surface area is 147 Å². The van der Waals surface area contributed by atoms with E-state index in [2.05, 4.69) is 20.8 Å². The molecule has 0 amide bonds. The van der Waals surface area contributed by atoms with Crippen LogP contribution in [0.1, 0.15) is 104 Å². The number of rotatable bonds is 12. The summed E-state index contributed by atoms with van der Waals surface area (Å²) in [4.78, 5) is 0. The van der Waals surface area contributed by atoms with E-state index >= 15 is 0 Å². The molecule has 0 heterocycles. The minimum atomic E-state index is 0. The molecular formula is C20H42ClN. The molecule has 0 bridgehead atoms. The van der Waals surface area contributed by atoms with Crippen LogP contribution in [0, 0.1) is 0 Å². The number of quaternary nitrogens is 1.